The van der Waals surface area contributed by atoms with E-state index >= 15 is 0 Å². The van der Waals surface area contributed by atoms with Gasteiger partial charge in [0.1, 0.15) is 5.82 Å². The highest BCUT2D eigenvalue weighted by atomic mass is 19.1. The summed E-state index contributed by atoms with van der Waals surface area (Å²) in [4.78, 5) is 23.7. The monoisotopic (exact) mass is 391 g/mol. The van der Waals surface area contributed by atoms with Crippen LogP contribution < -0.4 is 19.5 Å². The Kier molecular flexibility index (Phi) is 7.20. The number of aliphatic carboxylic acids is 1. The number of carboxylic acids is 1. The first-order valence-corrected chi connectivity index (χ1v) is 8.43. The lowest BCUT2D eigenvalue weighted by Crippen LogP contribution is -2.31. The number of hydrogen-bond acceptors (Lipinski definition) is 5. The van der Waals surface area contributed by atoms with Crippen molar-refractivity contribution < 1.29 is 33.3 Å². The van der Waals surface area contributed by atoms with Crippen molar-refractivity contribution in [3.8, 4) is 17.2 Å². The van der Waals surface area contributed by atoms with Gasteiger partial charge in [-0.3, -0.25) is 9.59 Å². The molecule has 2 aromatic rings. The molecule has 0 radical (unpaired) electrons. The van der Waals surface area contributed by atoms with Crippen LogP contribution in [0.15, 0.2) is 36.4 Å². The Hall–Kier alpha value is -3.29. The van der Waals surface area contributed by atoms with E-state index in [2.05, 4.69) is 5.32 Å². The minimum Gasteiger partial charge on any atom is -0.493 e. The molecule has 0 saturated heterocycles. The molecule has 0 heterocycles. The maximum atomic E-state index is 13.1. The molecule has 1 amide bonds. The molecule has 0 saturated carbocycles. The molecule has 0 fully saturated rings. The van der Waals surface area contributed by atoms with Gasteiger partial charge in [-0.05, 0) is 35.4 Å². The Bertz CT molecular complexity index is 812. The van der Waals surface area contributed by atoms with Crippen LogP contribution in [0.2, 0.25) is 0 Å². The third-order valence-electron chi connectivity index (χ3n) is 4.08. The Labute approximate surface area is 162 Å². The molecular formula is C20H22FNO6. The lowest BCUT2D eigenvalue weighted by Gasteiger charge is -2.18. The second-order valence-corrected chi connectivity index (χ2v) is 5.98. The van der Waals surface area contributed by atoms with E-state index in [4.69, 9.17) is 19.3 Å². The standard InChI is InChI=1S/C20H22FNO6/c1-26-16-8-12(9-17(27-2)20(16)28-3)10-18(23)22-15(11-19(24)25)13-4-6-14(21)7-5-13/h4-9,15H,10-11H2,1-3H3,(H,22,23)(H,24,25). The summed E-state index contributed by atoms with van der Waals surface area (Å²) in [6.07, 6.45) is -0.360. The lowest BCUT2D eigenvalue weighted by atomic mass is 10.0. The van der Waals surface area contributed by atoms with Crippen LogP contribution in [0.5, 0.6) is 17.2 Å². The average Bonchev–Trinajstić information content (AvgIpc) is 2.66. The van der Waals surface area contributed by atoms with E-state index in [-0.39, 0.29) is 12.8 Å². The third-order valence-corrected chi connectivity index (χ3v) is 4.08. The number of rotatable bonds is 9. The summed E-state index contributed by atoms with van der Waals surface area (Å²) in [7, 11) is 4.42. The zero-order valence-electron chi connectivity index (χ0n) is 15.8. The highest BCUT2D eigenvalue weighted by Crippen LogP contribution is 2.38. The zero-order chi connectivity index (χ0) is 20.7. The van der Waals surface area contributed by atoms with Crippen LogP contribution in [0.4, 0.5) is 4.39 Å². The van der Waals surface area contributed by atoms with E-state index in [1.807, 2.05) is 0 Å². The largest absolute Gasteiger partial charge is 0.493 e. The van der Waals surface area contributed by atoms with Crippen molar-refractivity contribution in [3.05, 3.63) is 53.3 Å². The van der Waals surface area contributed by atoms with Crippen LogP contribution in [-0.2, 0) is 16.0 Å². The number of carbonyl (C=O) groups is 2. The van der Waals surface area contributed by atoms with Gasteiger partial charge in [0.25, 0.3) is 0 Å². The second kappa shape index (κ2) is 9.59. The minimum absolute atomic E-state index is 0.0337. The third kappa shape index (κ3) is 5.35. The van der Waals surface area contributed by atoms with Gasteiger partial charge in [-0.2, -0.15) is 0 Å². The van der Waals surface area contributed by atoms with E-state index in [0.29, 0.717) is 28.4 Å². The number of methoxy groups -OCH3 is 3. The van der Waals surface area contributed by atoms with Gasteiger partial charge < -0.3 is 24.6 Å². The maximum absolute atomic E-state index is 13.1. The number of amides is 1. The molecule has 0 aromatic heterocycles. The smallest absolute Gasteiger partial charge is 0.305 e. The number of carbonyl (C=O) groups excluding carboxylic acids is 1. The number of halogens is 1. The van der Waals surface area contributed by atoms with Crippen molar-refractivity contribution in [1.29, 1.82) is 0 Å². The van der Waals surface area contributed by atoms with Crippen molar-refractivity contribution in [3.63, 3.8) is 0 Å². The van der Waals surface area contributed by atoms with Crippen LogP contribution in [-0.4, -0.2) is 38.3 Å². The fourth-order valence-electron chi connectivity index (χ4n) is 2.79. The molecular weight excluding hydrogens is 369 g/mol. The normalized spacial score (nSPS) is 11.4. The fourth-order valence-corrected chi connectivity index (χ4v) is 2.79. The molecule has 1 atom stereocenters. The molecule has 0 aliphatic carbocycles. The van der Waals surface area contributed by atoms with E-state index in [1.165, 1.54) is 45.6 Å². The summed E-state index contributed by atoms with van der Waals surface area (Å²) in [5.41, 5.74) is 1.10. The van der Waals surface area contributed by atoms with Crippen LogP contribution in [0.3, 0.4) is 0 Å². The Morgan fingerprint density at radius 2 is 1.61 bits per heavy atom. The topological polar surface area (TPSA) is 94.1 Å². The van der Waals surface area contributed by atoms with Gasteiger partial charge in [0.2, 0.25) is 11.7 Å². The SMILES string of the molecule is COc1cc(CC(=O)NC(CC(=O)O)c2ccc(F)cc2)cc(OC)c1OC. The molecule has 0 spiro atoms. The van der Waals surface area contributed by atoms with Crippen molar-refractivity contribution in [2.45, 2.75) is 18.9 Å². The number of ether oxygens (including phenoxy) is 3. The van der Waals surface area contributed by atoms with Gasteiger partial charge in [0.15, 0.2) is 11.5 Å². The van der Waals surface area contributed by atoms with E-state index in [1.54, 1.807) is 12.1 Å². The Morgan fingerprint density at radius 3 is 2.07 bits per heavy atom. The summed E-state index contributed by atoms with van der Waals surface area (Å²) >= 11 is 0. The quantitative estimate of drug-likeness (QED) is 0.683. The van der Waals surface area contributed by atoms with E-state index < -0.39 is 23.7 Å². The highest BCUT2D eigenvalue weighted by Gasteiger charge is 2.20. The molecule has 0 aliphatic heterocycles. The number of benzene rings is 2. The van der Waals surface area contributed by atoms with Crippen LogP contribution in [0.1, 0.15) is 23.6 Å². The Balaban J connectivity index is 2.20. The Morgan fingerprint density at radius 1 is 1.04 bits per heavy atom. The zero-order valence-corrected chi connectivity index (χ0v) is 15.8. The summed E-state index contributed by atoms with van der Waals surface area (Å²) in [5, 5.41) is 11.8. The minimum atomic E-state index is -1.08. The average molecular weight is 391 g/mol. The summed E-state index contributed by atoms with van der Waals surface area (Å²) in [6.45, 7) is 0. The van der Waals surface area contributed by atoms with Gasteiger partial charge in [-0.1, -0.05) is 12.1 Å². The number of nitrogens with one attached hydrogen (secondary N) is 1. The molecule has 8 heteroatoms. The van der Waals surface area contributed by atoms with Crippen molar-refractivity contribution >= 4 is 11.9 Å². The maximum Gasteiger partial charge on any atom is 0.305 e. The van der Waals surface area contributed by atoms with Gasteiger partial charge >= 0.3 is 5.97 Å². The molecule has 2 aromatic carbocycles. The molecule has 2 N–H and O–H groups in total. The molecule has 0 aliphatic rings. The van der Waals surface area contributed by atoms with Crippen molar-refractivity contribution in [2.75, 3.05) is 21.3 Å². The summed E-state index contributed by atoms with van der Waals surface area (Å²) < 4.78 is 28.9. The molecule has 2 rings (SSSR count). The van der Waals surface area contributed by atoms with Crippen molar-refractivity contribution in [1.82, 2.24) is 5.32 Å². The van der Waals surface area contributed by atoms with Gasteiger partial charge in [0, 0.05) is 0 Å². The van der Waals surface area contributed by atoms with E-state index in [0.717, 1.165) is 0 Å². The van der Waals surface area contributed by atoms with Gasteiger partial charge in [0.05, 0.1) is 40.2 Å². The van der Waals surface area contributed by atoms with Crippen LogP contribution in [0.25, 0.3) is 0 Å². The predicted octanol–water partition coefficient (Wildman–Crippen LogP) is 2.73. The molecule has 150 valence electrons. The molecule has 28 heavy (non-hydrogen) atoms. The molecule has 0 bridgehead atoms. The molecule has 7 nitrogen and oxygen atoms in total. The first kappa shape index (κ1) is 21.0. The van der Waals surface area contributed by atoms with Gasteiger partial charge in [-0.15, -0.1) is 0 Å². The predicted molar refractivity (Wildman–Crippen MR) is 99.3 cm³/mol. The summed E-state index contributed by atoms with van der Waals surface area (Å²) in [6, 6.07) is 7.83. The first-order chi connectivity index (χ1) is 13.4. The van der Waals surface area contributed by atoms with Gasteiger partial charge in [-0.25, -0.2) is 4.39 Å². The van der Waals surface area contributed by atoms with Crippen LogP contribution >= 0.6 is 0 Å². The number of carboxylic acid groups (broad SMARTS) is 1. The first-order valence-electron chi connectivity index (χ1n) is 8.43. The van der Waals surface area contributed by atoms with Crippen LogP contribution in [0, 0.1) is 5.82 Å². The molecule has 1 unspecified atom stereocenters. The second-order valence-electron chi connectivity index (χ2n) is 5.98. The fraction of sp³-hybridized carbons (Fsp3) is 0.300. The highest BCUT2D eigenvalue weighted by molar-refractivity contribution is 5.80. The lowest BCUT2D eigenvalue weighted by molar-refractivity contribution is -0.137. The number of hydrogen-bond donors (Lipinski definition) is 2. The van der Waals surface area contributed by atoms with E-state index in [9.17, 15) is 14.0 Å². The van der Waals surface area contributed by atoms with Crippen molar-refractivity contribution in [2.24, 2.45) is 0 Å². The summed E-state index contributed by atoms with van der Waals surface area (Å²) in [5.74, 6) is -0.700.